The van der Waals surface area contributed by atoms with Gasteiger partial charge in [-0.05, 0) is 60.9 Å². The molecule has 0 spiro atoms. The number of amides is 1. The van der Waals surface area contributed by atoms with Crippen LogP contribution in [0.15, 0.2) is 30.3 Å². The fourth-order valence-corrected chi connectivity index (χ4v) is 4.91. The number of benzene rings is 1. The van der Waals surface area contributed by atoms with E-state index in [2.05, 4.69) is 15.4 Å². The molecule has 0 unspecified atom stereocenters. The van der Waals surface area contributed by atoms with Crippen LogP contribution in [0, 0.1) is 0 Å². The molecule has 1 aliphatic heterocycles. The third-order valence-electron chi connectivity index (χ3n) is 6.85. The van der Waals surface area contributed by atoms with Crippen molar-refractivity contribution >= 4 is 23.5 Å². The molecule has 10 nitrogen and oxygen atoms in total. The average molecular weight is 601 g/mol. The van der Waals surface area contributed by atoms with Gasteiger partial charge < -0.3 is 14.5 Å². The lowest BCUT2D eigenvalue weighted by molar-refractivity contribution is -0.143. The predicted octanol–water partition coefficient (Wildman–Crippen LogP) is 5.60. The molecule has 1 amide bonds. The number of tetrazole rings is 1. The number of pyridine rings is 1. The molecule has 0 radical (unpaired) electrons. The molecular formula is C26H30F6N8O2. The van der Waals surface area contributed by atoms with E-state index in [-0.39, 0.29) is 30.6 Å². The fraction of sp³-hybridized carbons (Fsp3) is 0.500. The van der Waals surface area contributed by atoms with Crippen molar-refractivity contribution in [2.75, 3.05) is 35.4 Å². The molecule has 0 aliphatic carbocycles. The highest BCUT2D eigenvalue weighted by Crippen LogP contribution is 2.44. The SMILES string of the molecule is CCOC(=O)N1c2ccc(N(C)C)nc2[C@@H](N(Cc2cc(C(F)(F)F)cc(C(F)(F)F)c2)c2nnn(C)n2)C[C@H]1CC. The van der Waals surface area contributed by atoms with Crippen LogP contribution in [-0.2, 0) is 30.7 Å². The van der Waals surface area contributed by atoms with Crippen LogP contribution in [0.4, 0.5) is 48.6 Å². The standard InChI is InChI=1S/C26H30F6N8O2/c1-6-18-13-20(22-19(40(18)24(41)42-7-2)8-9-21(33-22)37(3)4)39(23-34-36-38(5)35-23)14-15-10-16(25(27,28)29)12-17(11-15)26(30,31)32/h8-12,18,20H,6-7,13-14H2,1-5H3/t18-,20+/m1/s1. The number of aryl methyl sites for hydroxylation is 1. The van der Waals surface area contributed by atoms with Gasteiger partial charge in [0, 0.05) is 26.7 Å². The summed E-state index contributed by atoms with van der Waals surface area (Å²) in [5.41, 5.74) is -2.38. The van der Waals surface area contributed by atoms with E-state index < -0.39 is 48.2 Å². The number of rotatable bonds is 7. The number of hydrogen-bond donors (Lipinski definition) is 0. The quantitative estimate of drug-likeness (QED) is 0.324. The van der Waals surface area contributed by atoms with E-state index in [9.17, 15) is 31.1 Å². The van der Waals surface area contributed by atoms with Crippen LogP contribution in [0.3, 0.4) is 0 Å². The predicted molar refractivity (Wildman–Crippen MR) is 141 cm³/mol. The topological polar surface area (TPSA) is 92.5 Å². The number of anilines is 3. The van der Waals surface area contributed by atoms with Crippen molar-refractivity contribution in [3.63, 3.8) is 0 Å². The molecule has 0 saturated heterocycles. The first-order valence-electron chi connectivity index (χ1n) is 13.1. The summed E-state index contributed by atoms with van der Waals surface area (Å²) in [5, 5.41) is 12.1. The van der Waals surface area contributed by atoms with Crippen LogP contribution in [-0.4, -0.2) is 58.0 Å². The highest BCUT2D eigenvalue weighted by atomic mass is 19.4. The molecule has 4 rings (SSSR count). The Morgan fingerprint density at radius 3 is 2.19 bits per heavy atom. The van der Waals surface area contributed by atoms with Gasteiger partial charge in [-0.1, -0.05) is 12.0 Å². The Morgan fingerprint density at radius 1 is 1.05 bits per heavy atom. The summed E-state index contributed by atoms with van der Waals surface area (Å²) in [7, 11) is 5.00. The van der Waals surface area contributed by atoms with Crippen LogP contribution in [0.5, 0.6) is 0 Å². The second kappa shape index (κ2) is 11.6. The second-order valence-corrected chi connectivity index (χ2v) is 9.97. The number of nitrogens with zero attached hydrogens (tertiary/aromatic N) is 8. The summed E-state index contributed by atoms with van der Waals surface area (Å²) in [6.45, 7) is 3.21. The minimum atomic E-state index is -5.02. The highest BCUT2D eigenvalue weighted by molar-refractivity contribution is 5.90. The molecule has 42 heavy (non-hydrogen) atoms. The van der Waals surface area contributed by atoms with Crippen molar-refractivity contribution in [3.05, 3.63) is 52.7 Å². The van der Waals surface area contributed by atoms with Crippen molar-refractivity contribution in [3.8, 4) is 0 Å². The van der Waals surface area contributed by atoms with Crippen molar-refractivity contribution < 1.29 is 35.9 Å². The lowest BCUT2D eigenvalue weighted by Crippen LogP contribution is -2.48. The zero-order chi connectivity index (χ0) is 31.0. The summed E-state index contributed by atoms with van der Waals surface area (Å²) >= 11 is 0. The Kier molecular flexibility index (Phi) is 8.55. The molecule has 3 aromatic rings. The smallest absolute Gasteiger partial charge is 0.416 e. The maximum atomic E-state index is 13.7. The molecule has 1 aliphatic rings. The molecule has 3 heterocycles. The van der Waals surface area contributed by atoms with Crippen molar-refractivity contribution in [1.82, 2.24) is 25.2 Å². The summed E-state index contributed by atoms with van der Waals surface area (Å²) in [4.78, 5) is 23.6. The lowest BCUT2D eigenvalue weighted by Gasteiger charge is -2.43. The van der Waals surface area contributed by atoms with Gasteiger partial charge in [-0.25, -0.2) is 9.78 Å². The van der Waals surface area contributed by atoms with Gasteiger partial charge in [0.1, 0.15) is 5.82 Å². The van der Waals surface area contributed by atoms with Crippen LogP contribution in [0.2, 0.25) is 0 Å². The molecule has 0 N–H and O–H groups in total. The summed E-state index contributed by atoms with van der Waals surface area (Å²) in [6, 6.07) is 3.62. The first-order chi connectivity index (χ1) is 19.6. The van der Waals surface area contributed by atoms with Gasteiger partial charge >= 0.3 is 18.4 Å². The first-order valence-corrected chi connectivity index (χ1v) is 13.1. The average Bonchev–Trinajstić information content (AvgIpc) is 3.35. The van der Waals surface area contributed by atoms with Gasteiger partial charge in [-0.3, -0.25) is 4.90 Å². The number of fused-ring (bicyclic) bond motifs is 1. The molecule has 0 bridgehead atoms. The van der Waals surface area contributed by atoms with Gasteiger partial charge in [0.2, 0.25) is 0 Å². The van der Waals surface area contributed by atoms with Gasteiger partial charge in [0.25, 0.3) is 5.95 Å². The van der Waals surface area contributed by atoms with E-state index in [1.165, 1.54) is 16.8 Å². The molecular weight excluding hydrogens is 570 g/mol. The normalized spacial score (nSPS) is 17.2. The molecule has 16 heteroatoms. The first kappa shape index (κ1) is 30.8. The van der Waals surface area contributed by atoms with Crippen LogP contribution >= 0.6 is 0 Å². The lowest BCUT2D eigenvalue weighted by atomic mass is 9.92. The summed E-state index contributed by atoms with van der Waals surface area (Å²) < 4.78 is 87.3. The molecule has 0 fully saturated rings. The Balaban J connectivity index is 1.91. The zero-order valence-electron chi connectivity index (χ0n) is 23.5. The minimum Gasteiger partial charge on any atom is -0.449 e. The number of carbonyl (C=O) groups is 1. The summed E-state index contributed by atoms with van der Waals surface area (Å²) in [6.07, 6.45) is -9.96. The third-order valence-corrected chi connectivity index (χ3v) is 6.85. The maximum absolute atomic E-state index is 13.7. The molecule has 2 atom stereocenters. The molecule has 0 saturated carbocycles. The highest BCUT2D eigenvalue weighted by Gasteiger charge is 2.42. The van der Waals surface area contributed by atoms with Crippen LogP contribution in [0.1, 0.15) is 55.1 Å². The Labute approximate surface area is 237 Å². The van der Waals surface area contributed by atoms with E-state index in [0.717, 1.165) is 4.80 Å². The Morgan fingerprint density at radius 2 is 1.69 bits per heavy atom. The number of carbonyl (C=O) groups excluding carboxylic acids is 1. The van der Waals surface area contributed by atoms with E-state index in [1.54, 1.807) is 38.1 Å². The number of ether oxygens (including phenoxy) is 1. The van der Waals surface area contributed by atoms with Crippen molar-refractivity contribution in [2.45, 2.75) is 57.7 Å². The molecule has 2 aromatic heterocycles. The Bertz CT molecular complexity index is 1390. The second-order valence-electron chi connectivity index (χ2n) is 9.97. The largest absolute Gasteiger partial charge is 0.449 e. The van der Waals surface area contributed by atoms with Crippen molar-refractivity contribution in [2.24, 2.45) is 7.05 Å². The zero-order valence-corrected chi connectivity index (χ0v) is 23.5. The third kappa shape index (κ3) is 6.36. The van der Waals surface area contributed by atoms with E-state index >= 15 is 0 Å². The van der Waals surface area contributed by atoms with Crippen LogP contribution < -0.4 is 14.7 Å². The van der Waals surface area contributed by atoms with Gasteiger partial charge in [0.15, 0.2) is 0 Å². The number of aromatic nitrogens is 5. The van der Waals surface area contributed by atoms with Crippen molar-refractivity contribution in [1.29, 1.82) is 0 Å². The van der Waals surface area contributed by atoms with Crippen LogP contribution in [0.25, 0.3) is 0 Å². The van der Waals surface area contributed by atoms with Gasteiger partial charge in [0.05, 0.1) is 42.2 Å². The molecule has 228 valence electrons. The van der Waals surface area contributed by atoms with Gasteiger partial charge in [-0.2, -0.15) is 31.1 Å². The van der Waals surface area contributed by atoms with E-state index in [4.69, 9.17) is 9.72 Å². The van der Waals surface area contributed by atoms with E-state index in [0.29, 0.717) is 35.8 Å². The van der Waals surface area contributed by atoms with Gasteiger partial charge in [-0.15, -0.1) is 5.10 Å². The number of halogens is 6. The Hall–Kier alpha value is -4.11. The monoisotopic (exact) mass is 600 g/mol. The van der Waals surface area contributed by atoms with E-state index in [1.807, 2.05) is 6.92 Å². The summed E-state index contributed by atoms with van der Waals surface area (Å²) in [5.74, 6) is 0.485. The number of hydrogen-bond acceptors (Lipinski definition) is 8. The number of alkyl halides is 6. The molecule has 1 aromatic carbocycles. The fourth-order valence-electron chi connectivity index (χ4n) is 4.91. The minimum absolute atomic E-state index is 0.0316. The maximum Gasteiger partial charge on any atom is 0.416 e.